The second-order valence-corrected chi connectivity index (χ2v) is 2.52. The Morgan fingerprint density at radius 1 is 1.50 bits per heavy atom. The third kappa shape index (κ3) is 4.68. The van der Waals surface area contributed by atoms with Gasteiger partial charge in [0.05, 0.1) is 6.04 Å². The zero-order valence-electron chi connectivity index (χ0n) is 7.17. The average Bonchev–Trinajstić information content (AvgIpc) is 2.02. The molecule has 0 spiro atoms. The molecule has 0 aromatic rings. The van der Waals surface area contributed by atoms with E-state index in [0.717, 1.165) is 0 Å². The first-order valence-electron chi connectivity index (χ1n) is 3.89. The molecule has 0 aliphatic carbocycles. The van der Waals surface area contributed by atoms with Crippen molar-refractivity contribution in [2.24, 2.45) is 11.5 Å². The summed E-state index contributed by atoms with van der Waals surface area (Å²) in [5.41, 5.74) is 10.3. The maximum Gasteiger partial charge on any atom is 0.236 e. The highest BCUT2D eigenvalue weighted by Crippen LogP contribution is 1.85. The predicted octanol–water partition coefficient (Wildman–Crippen LogP) is -1.28. The second-order valence-electron chi connectivity index (χ2n) is 2.52. The lowest BCUT2D eigenvalue weighted by Crippen LogP contribution is -2.41. The second kappa shape index (κ2) is 5.54. The van der Waals surface area contributed by atoms with Crippen molar-refractivity contribution in [3.05, 3.63) is 0 Å². The van der Waals surface area contributed by atoms with Crippen molar-refractivity contribution in [2.45, 2.75) is 25.8 Å². The van der Waals surface area contributed by atoms with Crippen molar-refractivity contribution in [3.63, 3.8) is 0 Å². The summed E-state index contributed by atoms with van der Waals surface area (Å²) in [6, 6.07) is -0.488. The molecule has 5 heteroatoms. The van der Waals surface area contributed by atoms with Crippen LogP contribution in [0, 0.1) is 0 Å². The minimum Gasteiger partial charge on any atom is -0.370 e. The Morgan fingerprint density at radius 3 is 2.50 bits per heavy atom. The number of primary amides is 1. The number of nitrogens with two attached hydrogens (primary N) is 2. The van der Waals surface area contributed by atoms with Gasteiger partial charge in [0.25, 0.3) is 0 Å². The summed E-state index contributed by atoms with van der Waals surface area (Å²) in [6.07, 6.45) is 0.741. The van der Waals surface area contributed by atoms with Crippen molar-refractivity contribution >= 4 is 11.8 Å². The Kier molecular flexibility index (Phi) is 5.03. The average molecular weight is 173 g/mol. The monoisotopic (exact) mass is 173 g/mol. The molecule has 0 rings (SSSR count). The highest BCUT2D eigenvalue weighted by Gasteiger charge is 2.09. The molecular formula is C7H15N3O2. The van der Waals surface area contributed by atoms with Gasteiger partial charge in [-0.25, -0.2) is 0 Å². The number of carbonyl (C=O) groups is 2. The molecule has 5 nitrogen and oxygen atoms in total. The quantitative estimate of drug-likeness (QED) is 0.482. The van der Waals surface area contributed by atoms with Crippen molar-refractivity contribution in [3.8, 4) is 0 Å². The van der Waals surface area contributed by atoms with Crippen LogP contribution < -0.4 is 16.8 Å². The summed E-state index contributed by atoms with van der Waals surface area (Å²) in [7, 11) is 0. The highest BCUT2D eigenvalue weighted by atomic mass is 16.2. The van der Waals surface area contributed by atoms with Gasteiger partial charge in [-0.2, -0.15) is 0 Å². The Labute approximate surface area is 71.5 Å². The Bertz CT molecular complexity index is 170. The third-order valence-electron chi connectivity index (χ3n) is 1.45. The van der Waals surface area contributed by atoms with Crippen LogP contribution in [0.5, 0.6) is 0 Å². The van der Waals surface area contributed by atoms with Crippen LogP contribution in [-0.4, -0.2) is 24.4 Å². The molecule has 0 radical (unpaired) electrons. The molecule has 0 saturated carbocycles. The first-order chi connectivity index (χ1) is 5.57. The van der Waals surface area contributed by atoms with Gasteiger partial charge in [0, 0.05) is 13.0 Å². The van der Waals surface area contributed by atoms with Gasteiger partial charge >= 0.3 is 0 Å². The molecule has 0 heterocycles. The molecule has 2 amide bonds. The topological polar surface area (TPSA) is 98.2 Å². The van der Waals surface area contributed by atoms with Gasteiger partial charge in [-0.1, -0.05) is 6.92 Å². The largest absolute Gasteiger partial charge is 0.370 e. The first-order valence-corrected chi connectivity index (χ1v) is 3.89. The van der Waals surface area contributed by atoms with Crippen LogP contribution in [-0.2, 0) is 9.59 Å². The summed E-state index contributed by atoms with van der Waals surface area (Å²) in [5.74, 6) is -0.667. The first kappa shape index (κ1) is 10.9. The molecule has 0 aromatic carbocycles. The number of rotatable bonds is 5. The molecule has 0 aliphatic heterocycles. The van der Waals surface area contributed by atoms with E-state index in [4.69, 9.17) is 11.5 Å². The molecule has 0 bridgehead atoms. The van der Waals surface area contributed by atoms with Crippen LogP contribution in [0.15, 0.2) is 0 Å². The maximum atomic E-state index is 11.0. The van der Waals surface area contributed by atoms with Crippen LogP contribution in [0.25, 0.3) is 0 Å². The maximum absolute atomic E-state index is 11.0. The third-order valence-corrected chi connectivity index (χ3v) is 1.45. The van der Waals surface area contributed by atoms with Gasteiger partial charge in [0.1, 0.15) is 0 Å². The minimum absolute atomic E-state index is 0.155. The normalized spacial score (nSPS) is 12.2. The molecule has 0 aliphatic rings. The van der Waals surface area contributed by atoms with E-state index >= 15 is 0 Å². The van der Waals surface area contributed by atoms with E-state index in [0.29, 0.717) is 6.42 Å². The lowest BCUT2D eigenvalue weighted by molar-refractivity contribution is -0.122. The predicted molar refractivity (Wildman–Crippen MR) is 45.1 cm³/mol. The Morgan fingerprint density at radius 2 is 2.08 bits per heavy atom. The fourth-order valence-electron chi connectivity index (χ4n) is 0.625. The molecular weight excluding hydrogens is 158 g/mol. The van der Waals surface area contributed by atoms with Gasteiger partial charge in [-0.3, -0.25) is 9.59 Å². The van der Waals surface area contributed by atoms with E-state index in [1.165, 1.54) is 0 Å². The molecule has 5 N–H and O–H groups in total. The molecule has 0 saturated heterocycles. The summed E-state index contributed by atoms with van der Waals surface area (Å²) in [5, 5.41) is 2.50. The summed E-state index contributed by atoms with van der Waals surface area (Å²) in [4.78, 5) is 21.2. The number of hydrogen-bond acceptors (Lipinski definition) is 3. The van der Waals surface area contributed by atoms with E-state index in [1.807, 2.05) is 6.92 Å². The fraction of sp³-hybridized carbons (Fsp3) is 0.714. The van der Waals surface area contributed by atoms with Crippen LogP contribution in [0.1, 0.15) is 19.8 Å². The number of amides is 2. The lowest BCUT2D eigenvalue weighted by Gasteiger charge is -2.08. The molecule has 70 valence electrons. The van der Waals surface area contributed by atoms with Crippen molar-refractivity contribution < 1.29 is 9.59 Å². The van der Waals surface area contributed by atoms with Gasteiger partial charge < -0.3 is 16.8 Å². The minimum atomic E-state index is -0.488. The van der Waals surface area contributed by atoms with Gasteiger partial charge in [0.15, 0.2) is 0 Å². The SMILES string of the molecule is CCC(N)C(=O)NCCC(N)=O. The lowest BCUT2D eigenvalue weighted by atomic mass is 10.2. The van der Waals surface area contributed by atoms with Crippen LogP contribution in [0.4, 0.5) is 0 Å². The van der Waals surface area contributed by atoms with Crippen molar-refractivity contribution in [1.29, 1.82) is 0 Å². The molecule has 12 heavy (non-hydrogen) atoms. The molecule has 1 atom stereocenters. The van der Waals surface area contributed by atoms with Gasteiger partial charge in [-0.15, -0.1) is 0 Å². The summed E-state index contributed by atoms with van der Waals surface area (Å²) < 4.78 is 0. The van der Waals surface area contributed by atoms with Crippen LogP contribution >= 0.6 is 0 Å². The Balaban J connectivity index is 3.50. The molecule has 0 aromatic heterocycles. The van der Waals surface area contributed by atoms with E-state index in [9.17, 15) is 9.59 Å². The number of nitrogens with one attached hydrogen (secondary N) is 1. The Hall–Kier alpha value is -1.10. The summed E-state index contributed by atoms with van der Waals surface area (Å²) in [6.45, 7) is 2.08. The van der Waals surface area contributed by atoms with Gasteiger partial charge in [0.2, 0.25) is 11.8 Å². The van der Waals surface area contributed by atoms with Crippen molar-refractivity contribution in [2.75, 3.05) is 6.54 Å². The van der Waals surface area contributed by atoms with Crippen LogP contribution in [0.2, 0.25) is 0 Å². The van der Waals surface area contributed by atoms with E-state index in [2.05, 4.69) is 5.32 Å². The highest BCUT2D eigenvalue weighted by molar-refractivity contribution is 5.82. The zero-order chi connectivity index (χ0) is 9.56. The smallest absolute Gasteiger partial charge is 0.236 e. The molecule has 0 fully saturated rings. The summed E-state index contributed by atoms with van der Waals surface area (Å²) >= 11 is 0. The van der Waals surface area contributed by atoms with Gasteiger partial charge in [-0.05, 0) is 6.42 Å². The van der Waals surface area contributed by atoms with E-state index < -0.39 is 11.9 Å². The number of hydrogen-bond donors (Lipinski definition) is 3. The number of carbonyl (C=O) groups excluding carboxylic acids is 2. The van der Waals surface area contributed by atoms with E-state index in [1.54, 1.807) is 0 Å². The van der Waals surface area contributed by atoms with E-state index in [-0.39, 0.29) is 18.9 Å². The van der Waals surface area contributed by atoms with Crippen LogP contribution in [0.3, 0.4) is 0 Å². The fourth-order valence-corrected chi connectivity index (χ4v) is 0.625. The zero-order valence-corrected chi connectivity index (χ0v) is 7.17. The standard InChI is InChI=1S/C7H15N3O2/c1-2-5(8)7(12)10-4-3-6(9)11/h5H,2-4,8H2,1H3,(H2,9,11)(H,10,12). The molecule has 1 unspecified atom stereocenters. The van der Waals surface area contributed by atoms with Crippen molar-refractivity contribution in [1.82, 2.24) is 5.32 Å².